The molecule has 0 fully saturated rings. The zero-order chi connectivity index (χ0) is 35.1. The molecule has 0 aliphatic carbocycles. The molecule has 1 aromatic heterocycles. The highest BCUT2D eigenvalue weighted by molar-refractivity contribution is 6.56. The van der Waals surface area contributed by atoms with Gasteiger partial charge in [0.25, 0.3) is 0 Å². The Hall–Kier alpha value is -3.87. The van der Waals surface area contributed by atoms with Crippen LogP contribution in [0.3, 0.4) is 0 Å². The van der Waals surface area contributed by atoms with Crippen LogP contribution in [-0.2, 0) is 0 Å². The number of nitrogens with zero attached hydrogens (tertiary/aromatic N) is 3. The van der Waals surface area contributed by atoms with Crippen molar-refractivity contribution < 1.29 is 32.0 Å². The fourth-order valence-electron chi connectivity index (χ4n) is 2.64. The van der Waals surface area contributed by atoms with Crippen molar-refractivity contribution in [3.63, 3.8) is 0 Å². The van der Waals surface area contributed by atoms with Crippen molar-refractivity contribution in [2.75, 3.05) is 0 Å². The van der Waals surface area contributed by atoms with E-state index in [0.717, 1.165) is 0 Å². The number of rotatable bonds is 4. The Morgan fingerprint density at radius 2 is 1.19 bits per heavy atom. The maximum absolute atomic E-state index is 10.0. The Bertz CT molecular complexity index is 2150. The normalized spacial score (nSPS) is 18.1. The molecule has 0 radical (unpaired) electrons. The van der Waals surface area contributed by atoms with Gasteiger partial charge in [-0.15, -0.1) is 0 Å². The largest absolute Gasteiger partial charge is 0.528 e. The van der Waals surface area contributed by atoms with Crippen LogP contribution in [0.25, 0.3) is 44.7 Å². The van der Waals surface area contributed by atoms with Crippen LogP contribution >= 0.6 is 0 Å². The molecular formula is C25H18BN3O2. The minimum absolute atomic E-state index is 0.464. The molecule has 0 unspecified atom stereocenters. The minimum Gasteiger partial charge on any atom is -0.421 e. The second-order valence-electron chi connectivity index (χ2n) is 5.96. The molecule has 0 saturated carbocycles. The van der Waals surface area contributed by atoms with Crippen LogP contribution in [0, 0.1) is 0 Å². The molecule has 4 aromatic carbocycles. The van der Waals surface area contributed by atoms with Gasteiger partial charge in [0.2, 0.25) is 0 Å². The lowest BCUT2D eigenvalue weighted by molar-refractivity contribution is 0.422. The quantitative estimate of drug-likeness (QED) is 0.435. The SMILES string of the molecule is [2H]c1c([2H])c([2H])c(-c2c([2H])c([2H])c(-c3nc(B(O)O)nc(-c4c([2H])c([2H])c([2H])c5c([2H])c([2H])c([2H])c([2H])c45)n3)c([2H])c2[2H])c([2H])c1[2H]. The summed E-state index contributed by atoms with van der Waals surface area (Å²) in [5, 5.41) is 19.1. The maximum Gasteiger partial charge on any atom is 0.528 e. The van der Waals surface area contributed by atoms with Crippen LogP contribution in [0.4, 0.5) is 0 Å². The molecule has 0 amide bonds. The summed E-state index contributed by atoms with van der Waals surface area (Å²) in [4.78, 5) is 11.9. The van der Waals surface area contributed by atoms with Crippen LogP contribution in [0.5, 0.6) is 0 Å². The third-order valence-electron chi connectivity index (χ3n) is 4.02. The Kier molecular flexibility index (Phi) is 2.18. The van der Waals surface area contributed by atoms with Gasteiger partial charge in [0.05, 0.1) is 21.9 Å². The van der Waals surface area contributed by atoms with Crippen molar-refractivity contribution in [2.45, 2.75) is 0 Å². The molecular weight excluding hydrogens is 385 g/mol. The molecule has 5 rings (SSSR count). The van der Waals surface area contributed by atoms with Gasteiger partial charge in [-0.05, 0) is 21.9 Å². The van der Waals surface area contributed by atoms with Gasteiger partial charge in [0, 0.05) is 11.1 Å². The Morgan fingerprint density at radius 3 is 1.97 bits per heavy atom. The van der Waals surface area contributed by atoms with E-state index in [2.05, 4.69) is 15.0 Å². The molecule has 0 atom stereocenters. The highest BCUT2D eigenvalue weighted by Gasteiger charge is 2.20. The van der Waals surface area contributed by atoms with E-state index in [-0.39, 0.29) is 0 Å². The molecule has 31 heavy (non-hydrogen) atoms. The molecule has 6 heteroatoms. The summed E-state index contributed by atoms with van der Waals surface area (Å²) in [5.74, 6) is -1.43. The van der Waals surface area contributed by atoms with Crippen LogP contribution < -0.4 is 5.72 Å². The molecule has 1 heterocycles. The third kappa shape index (κ3) is 3.82. The molecule has 0 aliphatic rings. The minimum atomic E-state index is -2.46. The molecule has 5 aromatic rings. The number of benzene rings is 4. The average molecular weight is 419 g/mol. The van der Waals surface area contributed by atoms with E-state index < -0.39 is 154 Å². The van der Waals surface area contributed by atoms with Crippen LogP contribution in [0.15, 0.2) is 96.7 Å². The lowest BCUT2D eigenvalue weighted by atomic mass is 9.90. The van der Waals surface area contributed by atoms with Crippen molar-refractivity contribution in [2.24, 2.45) is 0 Å². The van der Waals surface area contributed by atoms with Gasteiger partial charge in [-0.3, -0.25) is 0 Å². The monoisotopic (exact) mass is 419 g/mol. The van der Waals surface area contributed by atoms with Crippen LogP contribution in [-0.4, -0.2) is 32.1 Å². The first-order chi connectivity index (χ1) is 21.8. The summed E-state index contributed by atoms with van der Waals surface area (Å²) < 4.78 is 133. The number of hydrogen-bond donors (Lipinski definition) is 2. The predicted octanol–water partition coefficient (Wildman–Crippen LogP) is 3.71. The van der Waals surface area contributed by atoms with Crippen molar-refractivity contribution in [3.05, 3.63) is 96.7 Å². The van der Waals surface area contributed by atoms with E-state index in [4.69, 9.17) is 21.9 Å². The molecule has 0 aliphatic heterocycles. The second-order valence-corrected chi connectivity index (χ2v) is 5.96. The molecule has 0 spiro atoms. The summed E-state index contributed by atoms with van der Waals surface area (Å²) in [6.07, 6.45) is 0. The summed E-state index contributed by atoms with van der Waals surface area (Å²) in [7, 11) is -2.46. The van der Waals surface area contributed by atoms with Crippen molar-refractivity contribution >= 4 is 23.6 Å². The fraction of sp³-hybridized carbons (Fsp3) is 0. The fourth-order valence-corrected chi connectivity index (χ4v) is 2.64. The molecule has 2 N–H and O–H groups in total. The number of aromatic nitrogens is 3. The molecule has 148 valence electrons. The van der Waals surface area contributed by atoms with Crippen molar-refractivity contribution in [1.29, 1.82) is 0 Å². The van der Waals surface area contributed by atoms with Crippen molar-refractivity contribution in [3.8, 4) is 33.9 Å². The lowest BCUT2D eigenvalue weighted by Crippen LogP contribution is -2.36. The van der Waals surface area contributed by atoms with Crippen molar-refractivity contribution in [1.82, 2.24) is 15.0 Å². The predicted molar refractivity (Wildman–Crippen MR) is 123 cm³/mol. The molecule has 0 bridgehead atoms. The lowest BCUT2D eigenvalue weighted by Gasteiger charge is -2.10. The number of fused-ring (bicyclic) bond motifs is 1. The second kappa shape index (κ2) is 8.10. The zero-order valence-corrected chi connectivity index (χ0v) is 15.3. The molecule has 0 saturated heterocycles. The van der Waals surface area contributed by atoms with E-state index in [1.807, 2.05) is 0 Å². The van der Waals surface area contributed by atoms with Gasteiger partial charge in [0.15, 0.2) is 17.4 Å². The topological polar surface area (TPSA) is 79.1 Å². The van der Waals surface area contributed by atoms with E-state index in [9.17, 15) is 10.0 Å². The van der Waals surface area contributed by atoms with E-state index in [1.54, 1.807) is 0 Å². The molecule has 5 nitrogen and oxygen atoms in total. The summed E-state index contributed by atoms with van der Waals surface area (Å²) in [5.41, 5.74) is -3.34. The van der Waals surface area contributed by atoms with Crippen LogP contribution in [0.1, 0.15) is 21.9 Å². The average Bonchev–Trinajstić information content (AvgIpc) is 3.03. The number of hydrogen-bond acceptors (Lipinski definition) is 5. The first-order valence-electron chi connectivity index (χ1n) is 16.6. The Balaban J connectivity index is 1.91. The van der Waals surface area contributed by atoms with Gasteiger partial charge < -0.3 is 10.0 Å². The third-order valence-corrected chi connectivity index (χ3v) is 4.02. The smallest absolute Gasteiger partial charge is 0.421 e. The maximum atomic E-state index is 10.0. The van der Waals surface area contributed by atoms with E-state index in [1.165, 1.54) is 0 Å². The summed E-state index contributed by atoms with van der Waals surface area (Å²) in [6, 6.07) is -12.6. The summed E-state index contributed by atoms with van der Waals surface area (Å²) >= 11 is 0. The van der Waals surface area contributed by atoms with Gasteiger partial charge in [-0.1, -0.05) is 96.7 Å². The van der Waals surface area contributed by atoms with Gasteiger partial charge in [-0.2, -0.15) is 0 Å². The highest BCUT2D eigenvalue weighted by Crippen LogP contribution is 2.27. The first kappa shape index (κ1) is 8.34. The standard InChI is InChI=1S/C25H18BN3O2/c30-26(31)25-28-23(20-15-13-18(14-16-20)17-7-2-1-3-8-17)27-24(29-25)22-12-6-10-19-9-4-5-11-21(19)22/h1-16,30-31H/i1D,2D,3D,4D,5D,6D,7D,8D,9D,10D,11D,12D,13D,14D,15D,16D. The summed E-state index contributed by atoms with van der Waals surface area (Å²) in [6.45, 7) is 0. The zero-order valence-electron chi connectivity index (χ0n) is 31.3. The van der Waals surface area contributed by atoms with Gasteiger partial charge >= 0.3 is 7.12 Å². The van der Waals surface area contributed by atoms with E-state index in [0.29, 0.717) is 0 Å². The highest BCUT2D eigenvalue weighted by atomic mass is 16.4. The van der Waals surface area contributed by atoms with Gasteiger partial charge in [0.1, 0.15) is 0 Å². The first-order valence-corrected chi connectivity index (χ1v) is 8.65. The Labute approximate surface area is 202 Å². The Morgan fingerprint density at radius 1 is 0.581 bits per heavy atom. The van der Waals surface area contributed by atoms with Gasteiger partial charge in [-0.25, -0.2) is 15.0 Å². The van der Waals surface area contributed by atoms with Crippen LogP contribution in [0.2, 0.25) is 0 Å². The van der Waals surface area contributed by atoms with E-state index >= 15 is 0 Å².